The van der Waals surface area contributed by atoms with Crippen molar-refractivity contribution in [2.24, 2.45) is 11.6 Å². The average molecular weight is 162 g/mol. The number of nitrogens with two attached hydrogens (primary N) is 2. The molecular formula is C6H16N3S+. The molecule has 0 fully saturated rings. The van der Waals surface area contributed by atoms with Crippen LogP contribution in [0.15, 0.2) is 0 Å². The van der Waals surface area contributed by atoms with Gasteiger partial charge in [0.1, 0.15) is 7.05 Å². The number of thioether (sulfide) groups is 1. The van der Waals surface area contributed by atoms with Crippen molar-refractivity contribution in [2.45, 2.75) is 19.8 Å². The van der Waals surface area contributed by atoms with Gasteiger partial charge in [0.15, 0.2) is 0 Å². The second-order valence-corrected chi connectivity index (χ2v) is 3.27. The predicted octanol–water partition coefficient (Wildman–Crippen LogP) is 0.350. The summed E-state index contributed by atoms with van der Waals surface area (Å²) in [4.78, 5) is 0. The minimum Gasteiger partial charge on any atom is -0.280 e. The molecule has 0 bridgehead atoms. The normalized spacial score (nSPS) is 13.0. The standard InChI is InChI=1S/C6H15N3S/c1-3-4-5-10-6(7)9(2)8/h7H,3-5,8H2,1-2H3/p+1. The first-order valence-corrected chi connectivity index (χ1v) is 4.40. The van der Waals surface area contributed by atoms with E-state index in [0.29, 0.717) is 5.17 Å². The third-order valence-electron chi connectivity index (χ3n) is 1.10. The zero-order valence-corrected chi connectivity index (χ0v) is 7.45. The van der Waals surface area contributed by atoms with E-state index >= 15 is 0 Å². The first-order valence-electron chi connectivity index (χ1n) is 3.42. The Labute approximate surface area is 66.4 Å². The SMILES string of the molecule is CCCCS/C(N)=[N+](/C)N. The molecule has 0 spiro atoms. The van der Waals surface area contributed by atoms with Crippen LogP contribution in [-0.4, -0.2) is 22.7 Å². The summed E-state index contributed by atoms with van der Waals surface area (Å²) in [6.45, 7) is 2.16. The summed E-state index contributed by atoms with van der Waals surface area (Å²) in [5, 5.41) is 0.688. The van der Waals surface area contributed by atoms with Crippen LogP contribution in [0.4, 0.5) is 0 Å². The summed E-state index contributed by atoms with van der Waals surface area (Å²) in [6, 6.07) is 0. The number of hydrogen-bond acceptors (Lipinski definition) is 2. The highest BCUT2D eigenvalue weighted by Crippen LogP contribution is 2.02. The molecule has 0 atom stereocenters. The fraction of sp³-hybridized carbons (Fsp3) is 0.833. The second-order valence-electron chi connectivity index (χ2n) is 2.15. The third kappa shape index (κ3) is 4.49. The number of rotatable bonds is 3. The zero-order valence-electron chi connectivity index (χ0n) is 6.63. The molecule has 0 aliphatic carbocycles. The number of hydrazine groups is 1. The predicted molar refractivity (Wildman–Crippen MR) is 46.9 cm³/mol. The maximum atomic E-state index is 5.54. The van der Waals surface area contributed by atoms with Gasteiger partial charge in [0.05, 0.1) is 0 Å². The molecule has 0 saturated carbocycles. The molecule has 0 radical (unpaired) electrons. The first kappa shape index (κ1) is 9.62. The monoisotopic (exact) mass is 162 g/mol. The van der Waals surface area contributed by atoms with Crippen molar-refractivity contribution in [2.75, 3.05) is 12.8 Å². The van der Waals surface area contributed by atoms with E-state index in [4.69, 9.17) is 11.6 Å². The van der Waals surface area contributed by atoms with Gasteiger partial charge in [0.2, 0.25) is 0 Å². The Bertz CT molecular complexity index is 118. The number of hydrogen-bond donors (Lipinski definition) is 2. The average Bonchev–Trinajstić information content (AvgIpc) is 1.88. The highest BCUT2D eigenvalue weighted by atomic mass is 32.2. The van der Waals surface area contributed by atoms with E-state index in [-0.39, 0.29) is 0 Å². The van der Waals surface area contributed by atoms with Gasteiger partial charge in [0.25, 0.3) is 0 Å². The lowest BCUT2D eigenvalue weighted by molar-refractivity contribution is -0.507. The van der Waals surface area contributed by atoms with Gasteiger partial charge in [-0.15, -0.1) is 0 Å². The van der Waals surface area contributed by atoms with Crippen molar-refractivity contribution in [3.8, 4) is 0 Å². The minimum absolute atomic E-state index is 0.688. The fourth-order valence-electron chi connectivity index (χ4n) is 0.423. The number of hydrazone groups is 1. The Kier molecular flexibility index (Phi) is 5.20. The quantitative estimate of drug-likeness (QED) is 0.157. The largest absolute Gasteiger partial charge is 0.326 e. The van der Waals surface area contributed by atoms with Crippen LogP contribution in [0, 0.1) is 0 Å². The maximum Gasteiger partial charge on any atom is 0.326 e. The van der Waals surface area contributed by atoms with Crippen LogP contribution in [0.2, 0.25) is 0 Å². The van der Waals surface area contributed by atoms with Crippen molar-refractivity contribution in [1.82, 2.24) is 0 Å². The van der Waals surface area contributed by atoms with Crippen molar-refractivity contribution in [3.05, 3.63) is 0 Å². The number of unbranched alkanes of at least 4 members (excludes halogenated alkanes) is 1. The van der Waals surface area contributed by atoms with Gasteiger partial charge >= 0.3 is 5.17 Å². The topological polar surface area (TPSA) is 55.0 Å². The molecule has 4 heteroatoms. The Hall–Kier alpha value is -0.380. The molecule has 4 N–H and O–H groups in total. The zero-order chi connectivity index (χ0) is 7.98. The summed E-state index contributed by atoms with van der Waals surface area (Å²) < 4.78 is 1.44. The maximum absolute atomic E-state index is 5.54. The minimum atomic E-state index is 0.688. The summed E-state index contributed by atoms with van der Waals surface area (Å²) in [5.41, 5.74) is 5.54. The molecule has 0 aliphatic rings. The second kappa shape index (κ2) is 5.41. The van der Waals surface area contributed by atoms with Crippen molar-refractivity contribution in [1.29, 1.82) is 0 Å². The Morgan fingerprint density at radius 2 is 2.20 bits per heavy atom. The third-order valence-corrected chi connectivity index (χ3v) is 2.17. The number of amidine groups is 1. The van der Waals surface area contributed by atoms with E-state index in [1.807, 2.05) is 0 Å². The molecule has 0 saturated heterocycles. The molecule has 0 unspecified atom stereocenters. The van der Waals surface area contributed by atoms with Crippen LogP contribution >= 0.6 is 11.8 Å². The lowest BCUT2D eigenvalue weighted by Crippen LogP contribution is -2.27. The molecule has 0 amide bonds. The molecule has 10 heavy (non-hydrogen) atoms. The van der Waals surface area contributed by atoms with Gasteiger partial charge in [-0.05, 0) is 18.2 Å². The Morgan fingerprint density at radius 1 is 1.60 bits per heavy atom. The van der Waals surface area contributed by atoms with Crippen LogP contribution in [0.5, 0.6) is 0 Å². The van der Waals surface area contributed by atoms with Gasteiger partial charge in [0, 0.05) is 5.75 Å². The lowest BCUT2D eigenvalue weighted by Gasteiger charge is -1.95. The van der Waals surface area contributed by atoms with E-state index in [1.54, 1.807) is 18.8 Å². The molecule has 0 aliphatic heterocycles. The molecule has 0 aromatic heterocycles. The summed E-state index contributed by atoms with van der Waals surface area (Å²) in [6.07, 6.45) is 2.40. The van der Waals surface area contributed by atoms with Gasteiger partial charge in [-0.3, -0.25) is 11.6 Å². The highest BCUT2D eigenvalue weighted by Gasteiger charge is 2.00. The van der Waals surface area contributed by atoms with Crippen molar-refractivity contribution >= 4 is 16.9 Å². The van der Waals surface area contributed by atoms with E-state index in [1.165, 1.54) is 17.5 Å². The fourth-order valence-corrected chi connectivity index (χ4v) is 1.27. The summed E-state index contributed by atoms with van der Waals surface area (Å²) in [7, 11) is 1.74. The molecule has 0 aromatic carbocycles. The number of nitrogens with zero attached hydrogens (tertiary/aromatic N) is 1. The first-order chi connectivity index (χ1) is 4.68. The molecule has 0 heterocycles. The Morgan fingerprint density at radius 3 is 2.60 bits per heavy atom. The summed E-state index contributed by atoms with van der Waals surface area (Å²) >= 11 is 1.60. The smallest absolute Gasteiger partial charge is 0.280 e. The van der Waals surface area contributed by atoms with Crippen molar-refractivity contribution < 1.29 is 4.68 Å². The van der Waals surface area contributed by atoms with Gasteiger partial charge in [-0.1, -0.05) is 13.3 Å². The lowest BCUT2D eigenvalue weighted by atomic mass is 10.4. The van der Waals surface area contributed by atoms with Gasteiger partial charge in [-0.2, -0.15) is 4.68 Å². The van der Waals surface area contributed by atoms with Crippen LogP contribution in [0.3, 0.4) is 0 Å². The summed E-state index contributed by atoms with van der Waals surface area (Å²) in [5.74, 6) is 6.43. The van der Waals surface area contributed by atoms with E-state index in [9.17, 15) is 0 Å². The molecule has 0 aromatic rings. The molecule has 60 valence electrons. The van der Waals surface area contributed by atoms with Gasteiger partial charge < -0.3 is 0 Å². The van der Waals surface area contributed by atoms with Crippen molar-refractivity contribution in [3.63, 3.8) is 0 Å². The van der Waals surface area contributed by atoms with Gasteiger partial charge in [-0.25, -0.2) is 0 Å². The van der Waals surface area contributed by atoms with Crippen LogP contribution in [0.25, 0.3) is 0 Å². The molecule has 0 rings (SSSR count). The van der Waals surface area contributed by atoms with E-state index in [0.717, 1.165) is 5.75 Å². The van der Waals surface area contributed by atoms with Crippen LogP contribution in [0.1, 0.15) is 19.8 Å². The van der Waals surface area contributed by atoms with E-state index < -0.39 is 0 Å². The van der Waals surface area contributed by atoms with Crippen LogP contribution in [-0.2, 0) is 0 Å². The molecule has 3 nitrogen and oxygen atoms in total. The Balaban J connectivity index is 3.40. The van der Waals surface area contributed by atoms with Crippen LogP contribution < -0.4 is 11.6 Å². The molecular weight excluding hydrogens is 146 g/mol. The van der Waals surface area contributed by atoms with E-state index in [2.05, 4.69) is 6.92 Å². The highest BCUT2D eigenvalue weighted by molar-refractivity contribution is 8.13.